The highest BCUT2D eigenvalue weighted by Crippen LogP contribution is 2.61. The Balaban J connectivity index is 0.813. The monoisotopic (exact) mass is 1670 g/mol. The van der Waals surface area contributed by atoms with E-state index in [0.717, 1.165) is 111 Å². The minimum absolute atomic E-state index is 0.0710. The Kier molecular flexibility index (Phi) is 26.7. The maximum Gasteiger partial charge on any atom is 0.113 e. The summed E-state index contributed by atoms with van der Waals surface area (Å²) in [5.41, 5.74) is 39.9. The summed E-state index contributed by atoms with van der Waals surface area (Å²) in [7, 11) is 0. The Morgan fingerprint density at radius 3 is 0.841 bits per heavy atom. The molecule has 3 heterocycles. The second kappa shape index (κ2) is 39.3. The quantitative estimate of drug-likeness (QED) is 0.0359. The molecule has 0 saturated carbocycles. The summed E-state index contributed by atoms with van der Waals surface area (Å²) >= 11 is 1.32. The first kappa shape index (κ1) is 85.5. The fourth-order valence-electron chi connectivity index (χ4n) is 22.3. The van der Waals surface area contributed by atoms with Crippen molar-refractivity contribution in [2.24, 2.45) is 0 Å². The number of hydrogen-bond donors (Lipinski definition) is 0. The fraction of sp³-hybridized carbons (Fsp3) is 0.322. The average molecular weight is 1670 g/mol. The van der Waals surface area contributed by atoms with Crippen LogP contribution in [-0.4, -0.2) is 18.7 Å². The molecule has 0 aliphatic heterocycles. The molecule has 126 heavy (non-hydrogen) atoms. The van der Waals surface area contributed by atoms with E-state index in [1.807, 2.05) is 0 Å². The summed E-state index contributed by atoms with van der Waals surface area (Å²) in [6.45, 7) is 14.2. The van der Waals surface area contributed by atoms with E-state index in [4.69, 9.17) is 18.7 Å². The van der Waals surface area contributed by atoms with E-state index in [2.05, 4.69) is 333 Å². The van der Waals surface area contributed by atoms with Gasteiger partial charge in [0.1, 0.15) is 11.0 Å². The topological polar surface area (TPSA) is 51.6 Å². The van der Waals surface area contributed by atoms with Crippen molar-refractivity contribution in [1.82, 2.24) is 18.7 Å². The Morgan fingerprint density at radius 2 is 0.500 bits per heavy atom. The highest BCUT2D eigenvalue weighted by Gasteiger charge is 2.47. The van der Waals surface area contributed by atoms with Crippen LogP contribution in [0.15, 0.2) is 267 Å². The maximum absolute atomic E-state index is 5.35. The normalized spacial score (nSPS) is 13.8. The van der Waals surface area contributed by atoms with Crippen molar-refractivity contribution >= 4 is 68.9 Å². The van der Waals surface area contributed by atoms with E-state index in [9.17, 15) is 0 Å². The van der Waals surface area contributed by atoms with Gasteiger partial charge in [-0.05, 0) is 257 Å². The van der Waals surface area contributed by atoms with Gasteiger partial charge in [0.25, 0.3) is 0 Å². The largest absolute Gasteiger partial charge is 0.248 e. The van der Waals surface area contributed by atoms with E-state index in [0.29, 0.717) is 0 Å². The third-order valence-corrected chi connectivity index (χ3v) is 29.6. The van der Waals surface area contributed by atoms with Gasteiger partial charge in [0, 0.05) is 38.1 Å². The molecule has 18 rings (SSSR count). The second-order valence-corrected chi connectivity index (χ2v) is 37.6. The van der Waals surface area contributed by atoms with Crippen molar-refractivity contribution in [3.05, 3.63) is 323 Å². The number of rotatable bonds is 40. The molecule has 0 radical (unpaired) electrons. The SMILES string of the molecule is CCCCCCC1(CCCCCC)c2cc(-c3ccccc3)ccc2-c2ccc(-c3ccc4c(c3)C(CCCCCC)(CCCCCC)c3cc(-c5cc(/C=C/c6ccc7ccccc7n6)c(-c6ccc7c(c6)C(CCCCCC)(CCCCCC)c6cc(-c8ccc(-c9ccccc9)c9nsnc89)ccc6-7)cc5/C=C\c5ccc6ccccc6n5)ccc3-4)cc21. The Morgan fingerprint density at radius 1 is 0.222 bits per heavy atom. The van der Waals surface area contributed by atoms with E-state index in [1.54, 1.807) is 11.1 Å². The Hall–Kier alpha value is -11.2. The van der Waals surface area contributed by atoms with Crippen LogP contribution in [0.25, 0.3) is 157 Å². The van der Waals surface area contributed by atoms with Gasteiger partial charge in [-0.25, -0.2) is 9.97 Å². The summed E-state index contributed by atoms with van der Waals surface area (Å²) < 4.78 is 10.1. The molecule has 15 aromatic rings. The van der Waals surface area contributed by atoms with Crippen LogP contribution < -0.4 is 0 Å². The van der Waals surface area contributed by atoms with Gasteiger partial charge in [0.05, 0.1) is 34.1 Å². The molecule has 636 valence electrons. The zero-order valence-electron chi connectivity index (χ0n) is 75.6. The molecule has 0 N–H and O–H groups in total. The van der Waals surface area contributed by atoms with Crippen molar-refractivity contribution in [2.75, 3.05) is 0 Å². The molecule has 5 heteroatoms. The summed E-state index contributed by atoms with van der Waals surface area (Å²) in [5.74, 6) is 0. The van der Waals surface area contributed by atoms with Gasteiger partial charge in [0.15, 0.2) is 0 Å². The molecule has 0 atom stereocenters. The first-order valence-electron chi connectivity index (χ1n) is 48.7. The van der Waals surface area contributed by atoms with Crippen LogP contribution >= 0.6 is 11.7 Å². The summed E-state index contributed by atoms with van der Waals surface area (Å²) in [6.07, 6.45) is 45.4. The zero-order valence-corrected chi connectivity index (χ0v) is 76.4. The highest BCUT2D eigenvalue weighted by molar-refractivity contribution is 7.00. The van der Waals surface area contributed by atoms with Crippen molar-refractivity contribution in [3.63, 3.8) is 0 Å². The van der Waals surface area contributed by atoms with E-state index >= 15 is 0 Å². The molecular formula is C121H126N4S. The minimum Gasteiger partial charge on any atom is -0.248 e. The van der Waals surface area contributed by atoms with Crippen molar-refractivity contribution in [1.29, 1.82) is 0 Å². The smallest absolute Gasteiger partial charge is 0.113 e. The molecule has 0 fully saturated rings. The standard InChI is InChI=1S/C121H126N4S/c1-7-13-19-35-71-119(72-36-20-14-8-2)109-79-89(85-41-27-25-28-42-85)53-63-101(109)102-64-54-90(80-110(102)119)91-55-65-103-105-67-57-95(83-113(105)120(111(103)81-91,73-37-21-15-9-3)74-38-22-16-10-4)107-77-93(52-62-98-60-50-88-46-32-34-48-116(88)123-98)108(78-92(107)51-61-97-59-49-87-45-31-33-47-115(87)122-97)96-58-68-106-104-66-56-94(100-70-69-99(86-43-29-26-30-44-86)117-118(100)125-126-124-117)82-112(104)121(114(106)84-96,75-39-23-17-11-5)76-40-24-18-12-6/h25-34,41-70,77-84H,7-24,35-40,71-76H2,1-6H3/b61-51-,62-52+. The van der Waals surface area contributed by atoms with Gasteiger partial charge in [0.2, 0.25) is 0 Å². The highest BCUT2D eigenvalue weighted by atomic mass is 32.1. The predicted molar refractivity (Wildman–Crippen MR) is 543 cm³/mol. The van der Waals surface area contributed by atoms with Gasteiger partial charge in [-0.1, -0.05) is 402 Å². The third-order valence-electron chi connectivity index (χ3n) is 29.0. The molecule has 0 spiro atoms. The van der Waals surface area contributed by atoms with Crippen LogP contribution in [-0.2, 0) is 16.2 Å². The first-order chi connectivity index (χ1) is 62.2. The summed E-state index contributed by atoms with van der Waals surface area (Å²) in [4.78, 5) is 10.7. The number of aromatic nitrogens is 4. The van der Waals surface area contributed by atoms with Gasteiger partial charge >= 0.3 is 0 Å². The lowest BCUT2D eigenvalue weighted by Crippen LogP contribution is -2.26. The first-order valence-corrected chi connectivity index (χ1v) is 49.4. The van der Waals surface area contributed by atoms with Crippen molar-refractivity contribution in [3.8, 4) is 100 Å². The van der Waals surface area contributed by atoms with E-state index < -0.39 is 0 Å². The van der Waals surface area contributed by atoms with Crippen LogP contribution in [0, 0.1) is 0 Å². The van der Waals surface area contributed by atoms with Crippen molar-refractivity contribution < 1.29 is 0 Å². The number of nitrogens with zero attached hydrogens (tertiary/aromatic N) is 4. The molecule has 0 amide bonds. The number of hydrogen-bond acceptors (Lipinski definition) is 5. The number of benzene rings is 12. The number of fused-ring (bicyclic) bond motifs is 12. The van der Waals surface area contributed by atoms with Gasteiger partial charge in [-0.15, -0.1) is 0 Å². The van der Waals surface area contributed by atoms with Gasteiger partial charge in [-0.2, -0.15) is 8.75 Å². The number of unbranched alkanes of at least 4 members (excludes halogenated alkanes) is 18. The molecule has 3 aliphatic carbocycles. The fourth-order valence-corrected chi connectivity index (χ4v) is 22.9. The molecule has 4 nitrogen and oxygen atoms in total. The minimum atomic E-state index is -0.228. The van der Waals surface area contributed by atoms with Crippen molar-refractivity contribution in [2.45, 2.75) is 250 Å². The zero-order chi connectivity index (χ0) is 85.8. The lowest BCUT2D eigenvalue weighted by Gasteiger charge is -2.34. The Bertz CT molecular complexity index is 6380. The molecule has 0 saturated heterocycles. The molecule has 12 aromatic carbocycles. The number of pyridine rings is 2. The predicted octanol–water partition coefficient (Wildman–Crippen LogP) is 35.8. The molecule has 3 aromatic heterocycles. The molecular weight excluding hydrogens is 1540 g/mol. The van der Waals surface area contributed by atoms with E-state index in [1.165, 1.54) is 272 Å². The number of para-hydroxylation sites is 2. The lowest BCUT2D eigenvalue weighted by molar-refractivity contribution is 0.401. The maximum atomic E-state index is 5.35. The van der Waals surface area contributed by atoms with Crippen LogP contribution in [0.4, 0.5) is 0 Å². The average Bonchev–Trinajstić information content (AvgIpc) is 1.56. The van der Waals surface area contributed by atoms with Crippen LogP contribution in [0.3, 0.4) is 0 Å². The van der Waals surface area contributed by atoms with E-state index in [-0.39, 0.29) is 16.2 Å². The van der Waals surface area contributed by atoms with Gasteiger partial charge in [-0.3, -0.25) is 0 Å². The summed E-state index contributed by atoms with van der Waals surface area (Å²) in [6, 6.07) is 103. The Labute approximate surface area is 755 Å². The van der Waals surface area contributed by atoms with Crippen LogP contribution in [0.5, 0.6) is 0 Å². The van der Waals surface area contributed by atoms with Crippen LogP contribution in [0.2, 0.25) is 0 Å². The molecule has 0 unspecified atom stereocenters. The third kappa shape index (κ3) is 17.2. The molecule has 0 bridgehead atoms. The summed E-state index contributed by atoms with van der Waals surface area (Å²) in [5, 5.41) is 2.28. The second-order valence-electron chi connectivity index (χ2n) is 37.1. The van der Waals surface area contributed by atoms with Crippen LogP contribution in [0.1, 0.15) is 290 Å². The molecule has 3 aliphatic rings. The van der Waals surface area contributed by atoms with Gasteiger partial charge < -0.3 is 0 Å². The lowest BCUT2D eigenvalue weighted by atomic mass is 9.69.